The molecule has 4 heteroatoms. The van der Waals surface area contributed by atoms with Crippen molar-refractivity contribution in [2.24, 2.45) is 23.5 Å². The smallest absolute Gasteiger partial charge is 0.220 e. The summed E-state index contributed by atoms with van der Waals surface area (Å²) in [4.78, 5) is 12.3. The number of thiocarbonyl (C=S) groups is 1. The maximum Gasteiger partial charge on any atom is 0.220 e. The van der Waals surface area contributed by atoms with Gasteiger partial charge in [-0.1, -0.05) is 18.6 Å². The summed E-state index contributed by atoms with van der Waals surface area (Å²) in [5.41, 5.74) is 5.46. The SMILES string of the molecule is CC(CC(N)=S)NC(=O)CC1CC2CCC1C2. The number of carbonyl (C=O) groups excluding carboxylic acids is 1. The Balaban J connectivity index is 1.72. The van der Waals surface area contributed by atoms with Crippen LogP contribution in [0.25, 0.3) is 0 Å². The van der Waals surface area contributed by atoms with Gasteiger partial charge in [0, 0.05) is 18.9 Å². The van der Waals surface area contributed by atoms with Crippen LogP contribution in [-0.2, 0) is 4.79 Å². The summed E-state index contributed by atoms with van der Waals surface area (Å²) in [6.07, 6.45) is 6.65. The van der Waals surface area contributed by atoms with E-state index in [4.69, 9.17) is 18.0 Å². The number of rotatable bonds is 5. The first-order valence-electron chi connectivity index (χ1n) is 6.62. The molecule has 0 spiro atoms. The highest BCUT2D eigenvalue weighted by Crippen LogP contribution is 2.49. The van der Waals surface area contributed by atoms with E-state index < -0.39 is 0 Å². The van der Waals surface area contributed by atoms with Gasteiger partial charge in [0.1, 0.15) is 0 Å². The predicted molar refractivity (Wildman–Crippen MR) is 72.6 cm³/mol. The van der Waals surface area contributed by atoms with Crippen LogP contribution in [0.2, 0.25) is 0 Å². The molecule has 2 aliphatic carbocycles. The lowest BCUT2D eigenvalue weighted by atomic mass is 9.86. The van der Waals surface area contributed by atoms with Crippen LogP contribution in [0.1, 0.15) is 45.4 Å². The predicted octanol–water partition coefficient (Wildman–Crippen LogP) is 1.99. The molecule has 4 unspecified atom stereocenters. The first-order valence-corrected chi connectivity index (χ1v) is 7.03. The van der Waals surface area contributed by atoms with Gasteiger partial charge in [0.25, 0.3) is 0 Å². The number of fused-ring (bicyclic) bond motifs is 2. The van der Waals surface area contributed by atoms with Crippen LogP contribution in [0.3, 0.4) is 0 Å². The van der Waals surface area contributed by atoms with Gasteiger partial charge in [-0.25, -0.2) is 0 Å². The van der Waals surface area contributed by atoms with Crippen LogP contribution in [0.15, 0.2) is 0 Å². The van der Waals surface area contributed by atoms with Gasteiger partial charge in [0.05, 0.1) is 4.99 Å². The van der Waals surface area contributed by atoms with Crippen molar-refractivity contribution < 1.29 is 4.79 Å². The number of carbonyl (C=O) groups is 1. The average molecular weight is 254 g/mol. The van der Waals surface area contributed by atoms with Crippen LogP contribution in [0, 0.1) is 17.8 Å². The molecule has 0 aromatic heterocycles. The standard InChI is InChI=1S/C13H22N2OS/c1-8(4-12(14)17)15-13(16)7-11-6-9-2-3-10(11)5-9/h8-11H,2-7H2,1H3,(H2,14,17)(H,15,16). The molecule has 0 heterocycles. The van der Waals surface area contributed by atoms with Crippen LogP contribution in [0.4, 0.5) is 0 Å². The Hall–Kier alpha value is -0.640. The van der Waals surface area contributed by atoms with Gasteiger partial charge in [-0.15, -0.1) is 0 Å². The van der Waals surface area contributed by atoms with E-state index in [1.165, 1.54) is 25.7 Å². The van der Waals surface area contributed by atoms with Crippen molar-refractivity contribution in [2.45, 2.75) is 51.5 Å². The first kappa shape index (κ1) is 12.8. The molecule has 0 radical (unpaired) electrons. The highest BCUT2D eigenvalue weighted by Gasteiger charge is 2.40. The minimum atomic E-state index is 0.0681. The summed E-state index contributed by atoms with van der Waals surface area (Å²) in [6.45, 7) is 1.96. The molecular weight excluding hydrogens is 232 g/mol. The highest BCUT2D eigenvalue weighted by molar-refractivity contribution is 7.80. The summed E-state index contributed by atoms with van der Waals surface area (Å²) in [5.74, 6) is 2.53. The first-order chi connectivity index (χ1) is 8.04. The minimum Gasteiger partial charge on any atom is -0.393 e. The monoisotopic (exact) mass is 254 g/mol. The Labute approximate surface area is 109 Å². The van der Waals surface area contributed by atoms with Gasteiger partial charge in [-0.05, 0) is 43.9 Å². The van der Waals surface area contributed by atoms with Crippen molar-refractivity contribution in [2.75, 3.05) is 0 Å². The lowest BCUT2D eigenvalue weighted by Gasteiger charge is -2.22. The number of nitrogens with two attached hydrogens (primary N) is 1. The second kappa shape index (κ2) is 5.34. The second-order valence-corrected chi connectivity index (χ2v) is 6.30. The van der Waals surface area contributed by atoms with Gasteiger partial charge in [-0.2, -0.15) is 0 Å². The number of hydrogen-bond donors (Lipinski definition) is 2. The summed E-state index contributed by atoms with van der Waals surface area (Å²) < 4.78 is 0. The van der Waals surface area contributed by atoms with Gasteiger partial charge < -0.3 is 11.1 Å². The quantitative estimate of drug-likeness (QED) is 0.738. The van der Waals surface area contributed by atoms with E-state index in [-0.39, 0.29) is 11.9 Å². The van der Waals surface area contributed by atoms with Crippen molar-refractivity contribution in [1.82, 2.24) is 5.32 Å². The maximum absolute atomic E-state index is 11.9. The number of hydrogen-bond acceptors (Lipinski definition) is 2. The molecule has 2 saturated carbocycles. The van der Waals surface area contributed by atoms with E-state index in [1.807, 2.05) is 6.92 Å². The average Bonchev–Trinajstić information content (AvgIpc) is 2.76. The Bertz CT molecular complexity index is 319. The molecule has 2 rings (SSSR count). The van der Waals surface area contributed by atoms with Crippen LogP contribution < -0.4 is 11.1 Å². The molecule has 3 nitrogen and oxygen atoms in total. The Kier molecular flexibility index (Phi) is 4.02. The molecule has 17 heavy (non-hydrogen) atoms. The Morgan fingerprint density at radius 2 is 2.24 bits per heavy atom. The lowest BCUT2D eigenvalue weighted by molar-refractivity contribution is -0.122. The molecule has 2 aliphatic rings. The Morgan fingerprint density at radius 1 is 1.47 bits per heavy atom. The van der Waals surface area contributed by atoms with Gasteiger partial charge >= 0.3 is 0 Å². The second-order valence-electron chi connectivity index (χ2n) is 5.78. The lowest BCUT2D eigenvalue weighted by Crippen LogP contribution is -2.36. The van der Waals surface area contributed by atoms with E-state index in [0.29, 0.717) is 23.7 Å². The largest absolute Gasteiger partial charge is 0.393 e. The fourth-order valence-corrected chi connectivity index (χ4v) is 3.80. The Morgan fingerprint density at radius 3 is 2.76 bits per heavy atom. The fraction of sp³-hybridized carbons (Fsp3) is 0.846. The zero-order chi connectivity index (χ0) is 12.4. The van der Waals surface area contributed by atoms with E-state index in [1.54, 1.807) is 0 Å². The summed E-state index contributed by atoms with van der Waals surface area (Å²) >= 11 is 4.84. The maximum atomic E-state index is 11.9. The van der Waals surface area contributed by atoms with Gasteiger partial charge in [-0.3, -0.25) is 4.79 Å². The summed E-state index contributed by atoms with van der Waals surface area (Å²) in [7, 11) is 0. The van der Waals surface area contributed by atoms with Crippen molar-refractivity contribution >= 4 is 23.1 Å². The molecule has 2 bridgehead atoms. The molecule has 2 fully saturated rings. The van der Waals surface area contributed by atoms with Gasteiger partial charge in [0.2, 0.25) is 5.91 Å². The van der Waals surface area contributed by atoms with Crippen molar-refractivity contribution in [3.8, 4) is 0 Å². The van der Waals surface area contributed by atoms with Gasteiger partial charge in [0.15, 0.2) is 0 Å². The summed E-state index contributed by atoms with van der Waals surface area (Å²) in [5, 5.41) is 2.99. The minimum absolute atomic E-state index is 0.0681. The zero-order valence-corrected chi connectivity index (χ0v) is 11.3. The molecule has 0 aromatic rings. The number of nitrogens with one attached hydrogen (secondary N) is 1. The van der Waals surface area contributed by atoms with Crippen molar-refractivity contribution in [1.29, 1.82) is 0 Å². The highest BCUT2D eigenvalue weighted by atomic mass is 32.1. The third-order valence-corrected chi connectivity index (χ3v) is 4.41. The van der Waals surface area contributed by atoms with E-state index in [9.17, 15) is 4.79 Å². The topological polar surface area (TPSA) is 55.1 Å². The molecule has 1 amide bonds. The third kappa shape index (κ3) is 3.41. The molecule has 4 atom stereocenters. The molecule has 96 valence electrons. The number of amides is 1. The normalized spacial score (nSPS) is 32.4. The van der Waals surface area contributed by atoms with Crippen LogP contribution in [0.5, 0.6) is 0 Å². The zero-order valence-electron chi connectivity index (χ0n) is 10.4. The van der Waals surface area contributed by atoms with Crippen LogP contribution >= 0.6 is 12.2 Å². The van der Waals surface area contributed by atoms with Crippen molar-refractivity contribution in [3.63, 3.8) is 0 Å². The molecule has 3 N–H and O–H groups in total. The summed E-state index contributed by atoms with van der Waals surface area (Å²) in [6, 6.07) is 0.0681. The van der Waals surface area contributed by atoms with E-state index in [0.717, 1.165) is 11.8 Å². The fourth-order valence-electron chi connectivity index (χ4n) is 3.55. The molecule has 0 saturated heterocycles. The molecule has 0 aliphatic heterocycles. The van der Waals surface area contributed by atoms with E-state index in [2.05, 4.69) is 5.32 Å². The third-order valence-electron chi connectivity index (χ3n) is 4.25. The molecule has 0 aromatic carbocycles. The van der Waals surface area contributed by atoms with Crippen LogP contribution in [-0.4, -0.2) is 16.9 Å². The van der Waals surface area contributed by atoms with Crippen molar-refractivity contribution in [3.05, 3.63) is 0 Å². The molecular formula is C13H22N2OS. The van der Waals surface area contributed by atoms with E-state index >= 15 is 0 Å².